The zero-order chi connectivity index (χ0) is 11.6. The van der Waals surface area contributed by atoms with Gasteiger partial charge in [-0.2, -0.15) is 0 Å². The van der Waals surface area contributed by atoms with Gasteiger partial charge in [0.2, 0.25) is 9.84 Å². The highest BCUT2D eigenvalue weighted by atomic mass is 28.4. The SMILES string of the molecule is CC(C)[Si](C)(N[Si]N(C)C)C(C)(C)C. The number of nitrogens with one attached hydrogen (secondary N) is 1. The van der Waals surface area contributed by atoms with Gasteiger partial charge < -0.3 is 9.21 Å². The maximum Gasteiger partial charge on any atom is 0.240 e. The summed E-state index contributed by atoms with van der Waals surface area (Å²) >= 11 is 0. The second kappa shape index (κ2) is 4.92. The normalized spacial score (nSPS) is 17.6. The molecule has 14 heavy (non-hydrogen) atoms. The molecule has 1 N–H and O–H groups in total. The van der Waals surface area contributed by atoms with Gasteiger partial charge in [-0.3, -0.25) is 0 Å². The molecule has 84 valence electrons. The molecule has 1 unspecified atom stereocenters. The van der Waals surface area contributed by atoms with Gasteiger partial charge in [0.15, 0.2) is 0 Å². The summed E-state index contributed by atoms with van der Waals surface area (Å²) in [4.78, 5) is 0. The highest BCUT2D eigenvalue weighted by Gasteiger charge is 2.42. The van der Waals surface area contributed by atoms with E-state index in [0.29, 0.717) is 5.04 Å². The molecule has 0 bridgehead atoms. The van der Waals surface area contributed by atoms with Crippen LogP contribution >= 0.6 is 0 Å². The van der Waals surface area contributed by atoms with E-state index in [9.17, 15) is 0 Å². The van der Waals surface area contributed by atoms with Crippen LogP contribution in [0.1, 0.15) is 34.6 Å². The standard InChI is InChI=1S/C10H26N2Si2/c1-9(2)14(8,10(3,4)5)11-13-12(6)7/h9,11H,1-8H3. The van der Waals surface area contributed by atoms with Crippen molar-refractivity contribution in [3.8, 4) is 0 Å². The third-order valence-electron chi connectivity index (χ3n) is 3.25. The number of nitrogens with zero attached hydrogens (tertiary/aromatic N) is 1. The Morgan fingerprint density at radius 2 is 1.64 bits per heavy atom. The largest absolute Gasteiger partial charge is 0.347 e. The molecule has 0 aromatic carbocycles. The quantitative estimate of drug-likeness (QED) is 0.747. The molecule has 0 aliphatic carbocycles. The molecular weight excluding hydrogens is 204 g/mol. The number of rotatable bonds is 4. The Balaban J connectivity index is 4.58. The van der Waals surface area contributed by atoms with Crippen LogP contribution in [0, 0.1) is 0 Å². The first-order valence-electron chi connectivity index (χ1n) is 5.31. The van der Waals surface area contributed by atoms with Gasteiger partial charge in [-0.1, -0.05) is 41.2 Å². The lowest BCUT2D eigenvalue weighted by Crippen LogP contribution is -2.60. The molecule has 0 heterocycles. The molecule has 4 heteroatoms. The van der Waals surface area contributed by atoms with Crippen LogP contribution in [0.25, 0.3) is 0 Å². The van der Waals surface area contributed by atoms with Crippen LogP contribution < -0.4 is 4.65 Å². The lowest BCUT2D eigenvalue weighted by Gasteiger charge is -2.44. The molecule has 1 atom stereocenters. The molecule has 0 saturated carbocycles. The van der Waals surface area contributed by atoms with Gasteiger partial charge in [-0.05, 0) is 24.7 Å². The maximum absolute atomic E-state index is 3.83. The molecule has 2 radical (unpaired) electrons. The Morgan fingerprint density at radius 3 is 1.86 bits per heavy atom. The minimum Gasteiger partial charge on any atom is -0.347 e. The van der Waals surface area contributed by atoms with E-state index in [4.69, 9.17) is 0 Å². The Kier molecular flexibility index (Phi) is 5.04. The fourth-order valence-electron chi connectivity index (χ4n) is 1.43. The Morgan fingerprint density at radius 1 is 1.21 bits per heavy atom. The van der Waals surface area contributed by atoms with E-state index in [1.807, 2.05) is 0 Å². The van der Waals surface area contributed by atoms with Gasteiger partial charge in [0, 0.05) is 0 Å². The van der Waals surface area contributed by atoms with Crippen molar-refractivity contribution in [3.63, 3.8) is 0 Å². The van der Waals surface area contributed by atoms with Crippen molar-refractivity contribution in [1.29, 1.82) is 0 Å². The van der Waals surface area contributed by atoms with Crippen molar-refractivity contribution < 1.29 is 0 Å². The predicted octanol–water partition coefficient (Wildman–Crippen LogP) is 2.46. The molecular formula is C10H26N2Si2. The monoisotopic (exact) mass is 230 g/mol. The minimum absolute atomic E-state index is 0.421. The van der Waals surface area contributed by atoms with Crippen LogP contribution in [0.4, 0.5) is 0 Å². The average molecular weight is 231 g/mol. The molecule has 0 spiro atoms. The van der Waals surface area contributed by atoms with Crippen molar-refractivity contribution in [2.75, 3.05) is 14.1 Å². The molecule has 0 rings (SSSR count). The van der Waals surface area contributed by atoms with E-state index in [-0.39, 0.29) is 0 Å². The second-order valence-electron chi connectivity index (χ2n) is 5.74. The van der Waals surface area contributed by atoms with Crippen LogP contribution in [-0.2, 0) is 0 Å². The first-order valence-corrected chi connectivity index (χ1v) is 8.84. The summed E-state index contributed by atoms with van der Waals surface area (Å²) in [5.74, 6) is 0. The second-order valence-corrected chi connectivity index (χ2v) is 12.9. The summed E-state index contributed by atoms with van der Waals surface area (Å²) in [6.45, 7) is 14.3. The van der Waals surface area contributed by atoms with E-state index in [2.05, 4.69) is 64.5 Å². The van der Waals surface area contributed by atoms with Crippen molar-refractivity contribution in [2.45, 2.75) is 51.7 Å². The van der Waals surface area contributed by atoms with Crippen LogP contribution in [0.15, 0.2) is 0 Å². The molecule has 0 aliphatic rings. The van der Waals surface area contributed by atoms with E-state index in [1.165, 1.54) is 0 Å². The zero-order valence-corrected chi connectivity index (χ0v) is 13.0. The van der Waals surface area contributed by atoms with E-state index in [0.717, 1.165) is 15.4 Å². The summed E-state index contributed by atoms with van der Waals surface area (Å²) in [7, 11) is 3.64. The van der Waals surface area contributed by atoms with E-state index in [1.54, 1.807) is 0 Å². The van der Waals surface area contributed by atoms with Crippen LogP contribution in [0.5, 0.6) is 0 Å². The van der Waals surface area contributed by atoms with Crippen molar-refractivity contribution >= 4 is 18.1 Å². The van der Waals surface area contributed by atoms with Gasteiger partial charge in [-0.15, -0.1) is 0 Å². The summed E-state index contributed by atoms with van der Waals surface area (Å²) < 4.78 is 6.06. The summed E-state index contributed by atoms with van der Waals surface area (Å²) in [6, 6.07) is 0. The van der Waals surface area contributed by atoms with Gasteiger partial charge in [0.1, 0.15) is 8.24 Å². The first kappa shape index (κ1) is 14.4. The molecule has 2 nitrogen and oxygen atoms in total. The number of hydrogen-bond donors (Lipinski definition) is 1. The van der Waals surface area contributed by atoms with E-state index >= 15 is 0 Å². The van der Waals surface area contributed by atoms with Crippen LogP contribution in [0.2, 0.25) is 17.1 Å². The summed E-state index contributed by atoms with van der Waals surface area (Å²) in [5.41, 5.74) is 0.773. The van der Waals surface area contributed by atoms with E-state index < -0.39 is 8.24 Å². The topological polar surface area (TPSA) is 15.3 Å². The highest BCUT2D eigenvalue weighted by molar-refractivity contribution is 6.84. The predicted molar refractivity (Wildman–Crippen MR) is 69.0 cm³/mol. The fraction of sp³-hybridized carbons (Fsp3) is 1.00. The fourth-order valence-corrected chi connectivity index (χ4v) is 7.64. The lowest BCUT2D eigenvalue weighted by molar-refractivity contribution is 0.638. The smallest absolute Gasteiger partial charge is 0.240 e. The minimum atomic E-state index is -1.37. The van der Waals surface area contributed by atoms with Gasteiger partial charge in [-0.25, -0.2) is 0 Å². The highest BCUT2D eigenvalue weighted by Crippen LogP contribution is 2.40. The molecule has 0 amide bonds. The lowest BCUT2D eigenvalue weighted by atomic mass is 10.2. The van der Waals surface area contributed by atoms with Crippen molar-refractivity contribution in [2.24, 2.45) is 0 Å². The summed E-state index contributed by atoms with van der Waals surface area (Å²) in [6.07, 6.45) is 0. The van der Waals surface area contributed by atoms with Gasteiger partial charge in [0.25, 0.3) is 0 Å². The Bertz CT molecular complexity index is 175. The van der Waals surface area contributed by atoms with Gasteiger partial charge in [0.05, 0.1) is 0 Å². The molecule has 0 saturated heterocycles. The first-order chi connectivity index (χ1) is 6.11. The third-order valence-corrected chi connectivity index (χ3v) is 11.6. The molecule has 0 fully saturated rings. The maximum atomic E-state index is 3.83. The van der Waals surface area contributed by atoms with Crippen molar-refractivity contribution in [1.82, 2.24) is 9.21 Å². The third kappa shape index (κ3) is 3.49. The Hall–Kier alpha value is 0.354. The van der Waals surface area contributed by atoms with Crippen molar-refractivity contribution in [3.05, 3.63) is 0 Å². The number of hydrogen-bond acceptors (Lipinski definition) is 2. The Labute approximate surface area is 93.5 Å². The molecule has 0 aromatic rings. The molecule has 0 aliphatic heterocycles. The van der Waals surface area contributed by atoms with Gasteiger partial charge >= 0.3 is 0 Å². The van der Waals surface area contributed by atoms with Crippen LogP contribution in [0.3, 0.4) is 0 Å². The zero-order valence-electron chi connectivity index (χ0n) is 11.0. The average Bonchev–Trinajstić information content (AvgIpc) is 1.97. The molecule has 0 aromatic heterocycles. The van der Waals surface area contributed by atoms with Crippen LogP contribution in [-0.4, -0.2) is 36.7 Å². The summed E-state index contributed by atoms with van der Waals surface area (Å²) in [5, 5.41) is 0.421.